The molecule has 0 aliphatic heterocycles. The van der Waals surface area contributed by atoms with Crippen molar-refractivity contribution in [3.63, 3.8) is 0 Å². The van der Waals surface area contributed by atoms with E-state index in [-0.39, 0.29) is 12.4 Å². The number of ketones is 1. The third-order valence-electron chi connectivity index (χ3n) is 4.65. The van der Waals surface area contributed by atoms with Crippen molar-refractivity contribution >= 4 is 35.0 Å². The normalized spacial score (nSPS) is 12.1. The summed E-state index contributed by atoms with van der Waals surface area (Å²) in [5.41, 5.74) is -1.52. The van der Waals surface area contributed by atoms with Gasteiger partial charge < -0.3 is 15.4 Å². The first-order chi connectivity index (χ1) is 16.5. The van der Waals surface area contributed by atoms with E-state index in [1.165, 1.54) is 30.1 Å². The summed E-state index contributed by atoms with van der Waals surface area (Å²) in [7, 11) is 1.61. The van der Waals surface area contributed by atoms with Crippen molar-refractivity contribution in [3.8, 4) is 5.75 Å². The Morgan fingerprint density at radius 3 is 2.51 bits per heavy atom. The predicted molar refractivity (Wildman–Crippen MR) is 119 cm³/mol. The summed E-state index contributed by atoms with van der Waals surface area (Å²) >= 11 is 5.96. The fourth-order valence-electron chi connectivity index (χ4n) is 2.95. The summed E-state index contributed by atoms with van der Waals surface area (Å²) < 4.78 is 47.9. The quantitative estimate of drug-likeness (QED) is 0.450. The van der Waals surface area contributed by atoms with E-state index < -0.39 is 51.7 Å². The Bertz CT molecular complexity index is 1250. The molecule has 35 heavy (non-hydrogen) atoms. The van der Waals surface area contributed by atoms with Gasteiger partial charge in [0, 0.05) is 25.5 Å². The highest BCUT2D eigenvalue weighted by Gasteiger charge is 2.39. The molecular formula is C22H19ClF3N5O4. The summed E-state index contributed by atoms with van der Waals surface area (Å²) in [5.74, 6) is -3.65. The maximum absolute atomic E-state index is 13.8. The second-order valence-corrected chi connectivity index (χ2v) is 7.67. The minimum atomic E-state index is -4.95. The summed E-state index contributed by atoms with van der Waals surface area (Å²) in [5, 5.41) is 7.43. The smallest absolute Gasteiger partial charge is 0.421 e. The molecule has 2 heterocycles. The van der Waals surface area contributed by atoms with E-state index in [4.69, 9.17) is 16.3 Å². The average molecular weight is 510 g/mol. The van der Waals surface area contributed by atoms with E-state index >= 15 is 0 Å². The van der Waals surface area contributed by atoms with Crippen LogP contribution in [0.4, 0.5) is 19.0 Å². The van der Waals surface area contributed by atoms with Crippen molar-refractivity contribution in [2.75, 3.05) is 5.32 Å². The van der Waals surface area contributed by atoms with E-state index in [0.717, 1.165) is 12.1 Å². The highest BCUT2D eigenvalue weighted by atomic mass is 35.5. The van der Waals surface area contributed by atoms with Crippen molar-refractivity contribution in [1.82, 2.24) is 20.1 Å². The molecule has 0 spiro atoms. The number of pyridine rings is 1. The van der Waals surface area contributed by atoms with Gasteiger partial charge in [-0.25, -0.2) is 0 Å². The van der Waals surface area contributed by atoms with Gasteiger partial charge in [0.1, 0.15) is 17.9 Å². The van der Waals surface area contributed by atoms with Crippen LogP contribution in [0.2, 0.25) is 5.02 Å². The van der Waals surface area contributed by atoms with Crippen molar-refractivity contribution < 1.29 is 32.3 Å². The van der Waals surface area contributed by atoms with Gasteiger partial charge in [0.2, 0.25) is 5.78 Å². The number of nitrogens with one attached hydrogen (secondary N) is 2. The van der Waals surface area contributed by atoms with Gasteiger partial charge in [-0.05, 0) is 31.2 Å². The minimum Gasteiger partial charge on any atom is -0.487 e. The first-order valence-electron chi connectivity index (χ1n) is 10.1. The van der Waals surface area contributed by atoms with Gasteiger partial charge in [0.05, 0.1) is 22.3 Å². The number of aryl methyl sites for hydroxylation is 1. The molecule has 0 fully saturated rings. The Morgan fingerprint density at radius 2 is 1.91 bits per heavy atom. The number of nitrogens with zero attached hydrogens (tertiary/aromatic N) is 3. The molecule has 1 aromatic carbocycles. The number of alkyl halides is 3. The second kappa shape index (κ2) is 10.6. The number of carbonyl (C=O) groups is 3. The van der Waals surface area contributed by atoms with Crippen molar-refractivity contribution in [2.45, 2.75) is 25.7 Å². The number of carbonyl (C=O) groups excluding carboxylic acids is 3. The number of hydrogen-bond acceptors (Lipinski definition) is 6. The molecule has 2 aromatic heterocycles. The Kier molecular flexibility index (Phi) is 7.75. The fraction of sp³-hybridized carbons (Fsp3) is 0.227. The number of benzene rings is 1. The van der Waals surface area contributed by atoms with Crippen LogP contribution < -0.4 is 15.4 Å². The van der Waals surface area contributed by atoms with Crippen molar-refractivity contribution in [1.29, 1.82) is 0 Å². The van der Waals surface area contributed by atoms with Crippen LogP contribution in [0.3, 0.4) is 0 Å². The monoisotopic (exact) mass is 509 g/mol. The number of anilines is 1. The standard InChI is InChI=1S/C22H19ClF3N5O4/c1-12(19(32)21(34)29-16-8-10-31(2)30-16)28-20(33)14-6-7-15(17(18(14)23)22(24,25)26)35-11-13-5-3-4-9-27-13/h3-10,12H,11H2,1-2H3,(H,28,33)(H,29,30,34)/t12-/m1/s1. The number of aromatic nitrogens is 3. The van der Waals surface area contributed by atoms with Gasteiger partial charge in [-0.15, -0.1) is 0 Å². The minimum absolute atomic E-state index is 0.114. The van der Waals surface area contributed by atoms with E-state index in [1.807, 2.05) is 0 Å². The molecule has 9 nitrogen and oxygen atoms in total. The average Bonchev–Trinajstić information content (AvgIpc) is 3.21. The molecule has 0 unspecified atom stereocenters. The molecule has 0 aliphatic carbocycles. The predicted octanol–water partition coefficient (Wildman–Crippen LogP) is 3.39. The number of halogens is 4. The summed E-state index contributed by atoms with van der Waals surface area (Å²) in [4.78, 5) is 41.0. The van der Waals surface area contributed by atoms with Crippen LogP contribution in [0.15, 0.2) is 48.8 Å². The van der Waals surface area contributed by atoms with Gasteiger partial charge in [-0.1, -0.05) is 17.7 Å². The summed E-state index contributed by atoms with van der Waals surface area (Å²) in [6.45, 7) is 0.948. The van der Waals surface area contributed by atoms with Gasteiger partial charge in [-0.2, -0.15) is 18.3 Å². The van der Waals surface area contributed by atoms with Crippen LogP contribution in [-0.2, 0) is 29.4 Å². The molecule has 2 amide bonds. The molecule has 0 saturated heterocycles. The van der Waals surface area contributed by atoms with Crippen molar-refractivity contribution in [2.24, 2.45) is 7.05 Å². The first kappa shape index (κ1) is 25.7. The highest BCUT2D eigenvalue weighted by molar-refractivity contribution is 6.42. The number of rotatable bonds is 8. The van der Waals surface area contributed by atoms with E-state index in [2.05, 4.69) is 20.7 Å². The topological polar surface area (TPSA) is 115 Å². The van der Waals surface area contributed by atoms with Crippen LogP contribution in [0.25, 0.3) is 0 Å². The molecule has 0 bridgehead atoms. The van der Waals surface area contributed by atoms with Crippen molar-refractivity contribution in [3.05, 3.63) is 70.6 Å². The zero-order chi connectivity index (χ0) is 25.8. The third kappa shape index (κ3) is 6.35. The van der Waals surface area contributed by atoms with Gasteiger partial charge in [0.25, 0.3) is 11.8 Å². The lowest BCUT2D eigenvalue weighted by Crippen LogP contribution is -2.43. The van der Waals surface area contributed by atoms with Gasteiger partial charge in [0.15, 0.2) is 5.82 Å². The maximum Gasteiger partial charge on any atom is 0.421 e. The van der Waals surface area contributed by atoms with Crippen LogP contribution >= 0.6 is 11.6 Å². The van der Waals surface area contributed by atoms with Crippen LogP contribution in [0.5, 0.6) is 5.75 Å². The molecule has 13 heteroatoms. The third-order valence-corrected chi connectivity index (χ3v) is 5.05. The van der Waals surface area contributed by atoms with Gasteiger partial charge in [-0.3, -0.25) is 24.0 Å². The highest BCUT2D eigenvalue weighted by Crippen LogP contribution is 2.42. The molecule has 3 rings (SSSR count). The number of Topliss-reactive ketones (excluding diaryl/α,β-unsaturated/α-hetero) is 1. The largest absolute Gasteiger partial charge is 0.487 e. The molecule has 3 aromatic rings. The van der Waals surface area contributed by atoms with E-state index in [0.29, 0.717) is 5.69 Å². The maximum atomic E-state index is 13.8. The molecule has 184 valence electrons. The Morgan fingerprint density at radius 1 is 1.17 bits per heavy atom. The Labute approximate surface area is 202 Å². The van der Waals surface area contributed by atoms with E-state index in [9.17, 15) is 27.6 Å². The molecule has 0 saturated carbocycles. The van der Waals surface area contributed by atoms with Crippen LogP contribution in [0, 0.1) is 0 Å². The van der Waals surface area contributed by atoms with Crippen LogP contribution in [-0.4, -0.2) is 38.4 Å². The molecule has 2 N–H and O–H groups in total. The zero-order valence-corrected chi connectivity index (χ0v) is 19.1. The molecule has 0 aliphatic rings. The number of ether oxygens (including phenoxy) is 1. The second-order valence-electron chi connectivity index (χ2n) is 7.30. The van der Waals surface area contributed by atoms with Gasteiger partial charge >= 0.3 is 6.18 Å². The number of amides is 2. The number of hydrogen-bond donors (Lipinski definition) is 2. The molecule has 0 radical (unpaired) electrons. The SMILES string of the molecule is C[C@@H](NC(=O)c1ccc(OCc2ccccn2)c(C(F)(F)F)c1Cl)C(=O)C(=O)Nc1ccn(C)n1. The summed E-state index contributed by atoms with van der Waals surface area (Å²) in [6, 6.07) is 6.93. The Hall–Kier alpha value is -3.93. The zero-order valence-electron chi connectivity index (χ0n) is 18.4. The summed E-state index contributed by atoms with van der Waals surface area (Å²) in [6.07, 6.45) is -1.95. The Balaban J connectivity index is 1.75. The lowest BCUT2D eigenvalue weighted by molar-refractivity contribution is -0.139. The van der Waals surface area contributed by atoms with Crippen LogP contribution in [0.1, 0.15) is 28.5 Å². The molecule has 1 atom stereocenters. The lowest BCUT2D eigenvalue weighted by Gasteiger charge is -2.18. The first-order valence-corrected chi connectivity index (χ1v) is 10.4. The fourth-order valence-corrected chi connectivity index (χ4v) is 3.30. The lowest BCUT2D eigenvalue weighted by atomic mass is 10.1. The van der Waals surface area contributed by atoms with E-state index in [1.54, 1.807) is 25.2 Å². The molecular weight excluding hydrogens is 491 g/mol.